The average Bonchev–Trinajstić information content (AvgIpc) is 2.29. The highest BCUT2D eigenvalue weighted by atomic mass is 16.5. The smallest absolute Gasteiger partial charge is 0.143 e. The number of nitrogens with one attached hydrogen (secondary N) is 1. The summed E-state index contributed by atoms with van der Waals surface area (Å²) in [7, 11) is 1.63. The lowest BCUT2D eigenvalue weighted by Gasteiger charge is -2.16. The Morgan fingerprint density at radius 3 is 2.81 bits per heavy atom. The zero-order valence-electron chi connectivity index (χ0n) is 10.4. The maximum absolute atomic E-state index is 5.76. The molecule has 0 aliphatic heterocycles. The molecular weight excluding hydrogens is 200 g/mol. The van der Waals surface area contributed by atoms with Crippen molar-refractivity contribution in [3.05, 3.63) is 18.2 Å². The Bertz CT molecular complexity index is 326. The van der Waals surface area contributed by atoms with Crippen LogP contribution in [-0.2, 0) is 0 Å². The van der Waals surface area contributed by atoms with E-state index in [1.54, 1.807) is 7.11 Å². The standard InChI is InChI=1S/C13H22N2O/c1-4-5-6-10(2)15-11-7-8-12(14)13(9-11)16-3/h7-10,15H,4-6,14H2,1-3H3. The second-order valence-corrected chi connectivity index (χ2v) is 4.14. The Balaban J connectivity index is 2.59. The summed E-state index contributed by atoms with van der Waals surface area (Å²) >= 11 is 0. The van der Waals surface area contributed by atoms with Gasteiger partial charge in [-0.15, -0.1) is 0 Å². The van der Waals surface area contributed by atoms with E-state index in [-0.39, 0.29) is 0 Å². The number of anilines is 2. The van der Waals surface area contributed by atoms with Crippen LogP contribution in [0.2, 0.25) is 0 Å². The molecule has 3 heteroatoms. The molecule has 1 unspecified atom stereocenters. The third-order valence-electron chi connectivity index (χ3n) is 2.64. The molecule has 0 radical (unpaired) electrons. The average molecular weight is 222 g/mol. The lowest BCUT2D eigenvalue weighted by atomic mass is 10.1. The SMILES string of the molecule is CCCCC(C)Nc1ccc(N)c(OC)c1. The highest BCUT2D eigenvalue weighted by Crippen LogP contribution is 2.25. The number of hydrogen-bond donors (Lipinski definition) is 2. The Kier molecular flexibility index (Phi) is 4.96. The third-order valence-corrected chi connectivity index (χ3v) is 2.64. The number of nitrogens with two attached hydrogens (primary N) is 1. The summed E-state index contributed by atoms with van der Waals surface area (Å²) in [4.78, 5) is 0. The van der Waals surface area contributed by atoms with Crippen molar-refractivity contribution in [1.29, 1.82) is 0 Å². The van der Waals surface area contributed by atoms with E-state index in [4.69, 9.17) is 10.5 Å². The van der Waals surface area contributed by atoms with Crippen molar-refractivity contribution in [2.24, 2.45) is 0 Å². The first-order chi connectivity index (χ1) is 7.67. The van der Waals surface area contributed by atoms with Crippen molar-refractivity contribution in [2.45, 2.75) is 39.2 Å². The van der Waals surface area contributed by atoms with Crippen LogP contribution in [0.1, 0.15) is 33.1 Å². The quantitative estimate of drug-likeness (QED) is 0.726. The van der Waals surface area contributed by atoms with Gasteiger partial charge in [0.05, 0.1) is 12.8 Å². The molecule has 0 spiro atoms. The Morgan fingerprint density at radius 1 is 1.44 bits per heavy atom. The van der Waals surface area contributed by atoms with E-state index < -0.39 is 0 Å². The molecule has 0 saturated carbocycles. The normalized spacial score (nSPS) is 12.2. The zero-order chi connectivity index (χ0) is 12.0. The van der Waals surface area contributed by atoms with Gasteiger partial charge in [-0.3, -0.25) is 0 Å². The first kappa shape index (κ1) is 12.7. The molecule has 0 aliphatic rings. The van der Waals surface area contributed by atoms with Crippen molar-refractivity contribution in [1.82, 2.24) is 0 Å². The second-order valence-electron chi connectivity index (χ2n) is 4.14. The van der Waals surface area contributed by atoms with Gasteiger partial charge in [0.2, 0.25) is 0 Å². The van der Waals surface area contributed by atoms with E-state index in [2.05, 4.69) is 19.2 Å². The van der Waals surface area contributed by atoms with E-state index >= 15 is 0 Å². The molecule has 0 heterocycles. The molecule has 1 aromatic rings. The number of methoxy groups -OCH3 is 1. The fraction of sp³-hybridized carbons (Fsp3) is 0.538. The summed E-state index contributed by atoms with van der Waals surface area (Å²) in [6.45, 7) is 4.40. The van der Waals surface area contributed by atoms with Crippen LogP contribution in [0.5, 0.6) is 5.75 Å². The lowest BCUT2D eigenvalue weighted by Crippen LogP contribution is -2.14. The molecule has 0 fully saturated rings. The van der Waals surface area contributed by atoms with Gasteiger partial charge in [-0.2, -0.15) is 0 Å². The van der Waals surface area contributed by atoms with Crippen LogP contribution in [0, 0.1) is 0 Å². The maximum Gasteiger partial charge on any atom is 0.143 e. The van der Waals surface area contributed by atoms with Crippen LogP contribution >= 0.6 is 0 Å². The number of unbranched alkanes of at least 4 members (excludes halogenated alkanes) is 1. The minimum Gasteiger partial charge on any atom is -0.495 e. The molecule has 1 atom stereocenters. The minimum absolute atomic E-state index is 0.480. The van der Waals surface area contributed by atoms with Crippen molar-refractivity contribution in [3.63, 3.8) is 0 Å². The summed E-state index contributed by atoms with van der Waals surface area (Å²) in [6, 6.07) is 6.28. The number of benzene rings is 1. The molecule has 3 N–H and O–H groups in total. The van der Waals surface area contributed by atoms with Crippen molar-refractivity contribution in [2.75, 3.05) is 18.2 Å². The summed E-state index contributed by atoms with van der Waals surface area (Å²) in [5.74, 6) is 0.729. The van der Waals surface area contributed by atoms with Gasteiger partial charge < -0.3 is 15.8 Å². The summed E-state index contributed by atoms with van der Waals surface area (Å²) in [6.07, 6.45) is 3.67. The van der Waals surface area contributed by atoms with Crippen LogP contribution < -0.4 is 15.8 Å². The van der Waals surface area contributed by atoms with Crippen molar-refractivity contribution in [3.8, 4) is 5.75 Å². The summed E-state index contributed by atoms with van der Waals surface area (Å²) < 4.78 is 5.18. The van der Waals surface area contributed by atoms with Crippen LogP contribution in [0.25, 0.3) is 0 Å². The topological polar surface area (TPSA) is 47.3 Å². The van der Waals surface area contributed by atoms with E-state index in [9.17, 15) is 0 Å². The van der Waals surface area contributed by atoms with Crippen LogP contribution in [0.15, 0.2) is 18.2 Å². The van der Waals surface area contributed by atoms with Crippen molar-refractivity contribution < 1.29 is 4.74 Å². The van der Waals surface area contributed by atoms with E-state index in [1.807, 2.05) is 18.2 Å². The Morgan fingerprint density at radius 2 is 2.19 bits per heavy atom. The molecule has 16 heavy (non-hydrogen) atoms. The zero-order valence-corrected chi connectivity index (χ0v) is 10.4. The highest BCUT2D eigenvalue weighted by Gasteiger charge is 2.04. The molecule has 1 aromatic carbocycles. The third kappa shape index (κ3) is 3.65. The molecular formula is C13H22N2O. The predicted molar refractivity (Wildman–Crippen MR) is 70.0 cm³/mol. The van der Waals surface area contributed by atoms with E-state index in [0.29, 0.717) is 11.7 Å². The molecule has 3 nitrogen and oxygen atoms in total. The molecule has 0 aliphatic carbocycles. The largest absolute Gasteiger partial charge is 0.495 e. The van der Waals surface area contributed by atoms with Crippen LogP contribution in [0.4, 0.5) is 11.4 Å². The molecule has 90 valence electrons. The van der Waals surface area contributed by atoms with Gasteiger partial charge in [-0.25, -0.2) is 0 Å². The first-order valence-corrected chi connectivity index (χ1v) is 5.87. The van der Waals surface area contributed by atoms with Gasteiger partial charge in [0.15, 0.2) is 0 Å². The Labute approximate surface area is 98.0 Å². The summed E-state index contributed by atoms with van der Waals surface area (Å²) in [5, 5.41) is 3.44. The van der Waals surface area contributed by atoms with E-state index in [0.717, 1.165) is 11.4 Å². The molecule has 1 rings (SSSR count). The number of rotatable bonds is 6. The fourth-order valence-corrected chi connectivity index (χ4v) is 1.67. The van der Waals surface area contributed by atoms with Gasteiger partial charge in [0.25, 0.3) is 0 Å². The first-order valence-electron chi connectivity index (χ1n) is 5.87. The monoisotopic (exact) mass is 222 g/mol. The maximum atomic E-state index is 5.76. The van der Waals surface area contributed by atoms with E-state index in [1.165, 1.54) is 19.3 Å². The van der Waals surface area contributed by atoms with Crippen molar-refractivity contribution >= 4 is 11.4 Å². The van der Waals surface area contributed by atoms with Gasteiger partial charge in [-0.1, -0.05) is 19.8 Å². The number of ether oxygens (including phenoxy) is 1. The van der Waals surface area contributed by atoms with Crippen LogP contribution in [0.3, 0.4) is 0 Å². The molecule has 0 aromatic heterocycles. The lowest BCUT2D eigenvalue weighted by molar-refractivity contribution is 0.417. The molecule has 0 amide bonds. The highest BCUT2D eigenvalue weighted by molar-refractivity contribution is 5.61. The second kappa shape index (κ2) is 6.26. The fourth-order valence-electron chi connectivity index (χ4n) is 1.67. The Hall–Kier alpha value is -1.38. The van der Waals surface area contributed by atoms with Gasteiger partial charge in [-0.05, 0) is 25.5 Å². The predicted octanol–water partition coefficient (Wildman–Crippen LogP) is 3.27. The van der Waals surface area contributed by atoms with Gasteiger partial charge in [0, 0.05) is 17.8 Å². The minimum atomic E-state index is 0.480. The van der Waals surface area contributed by atoms with Gasteiger partial charge in [0.1, 0.15) is 5.75 Å². The molecule has 0 saturated heterocycles. The number of nitrogen functional groups attached to an aromatic ring is 1. The van der Waals surface area contributed by atoms with Gasteiger partial charge >= 0.3 is 0 Å². The number of hydrogen-bond acceptors (Lipinski definition) is 3. The van der Waals surface area contributed by atoms with Crippen LogP contribution in [-0.4, -0.2) is 13.2 Å². The molecule has 0 bridgehead atoms. The summed E-state index contributed by atoms with van der Waals surface area (Å²) in [5.41, 5.74) is 7.50.